The van der Waals surface area contributed by atoms with Crippen LogP contribution in [0.25, 0.3) is 11.0 Å². The summed E-state index contributed by atoms with van der Waals surface area (Å²) in [7, 11) is 1.55. The molecule has 208 valence electrons. The lowest BCUT2D eigenvalue weighted by Crippen LogP contribution is -2.43. The van der Waals surface area contributed by atoms with Crippen LogP contribution in [0.1, 0.15) is 41.8 Å². The van der Waals surface area contributed by atoms with Crippen LogP contribution >= 0.6 is 0 Å². The number of fused-ring (bicyclic) bond motifs is 1. The van der Waals surface area contributed by atoms with E-state index in [0.29, 0.717) is 52.3 Å². The summed E-state index contributed by atoms with van der Waals surface area (Å²) in [5.74, 6) is -0.0623. The summed E-state index contributed by atoms with van der Waals surface area (Å²) < 4.78 is 24.4. The van der Waals surface area contributed by atoms with Gasteiger partial charge in [-0.2, -0.15) is 0 Å². The van der Waals surface area contributed by atoms with E-state index in [9.17, 15) is 18.8 Å². The smallest absolute Gasteiger partial charge is 0.254 e. The highest BCUT2D eigenvalue weighted by atomic mass is 19.1. The fourth-order valence-electron chi connectivity index (χ4n) is 4.32. The van der Waals surface area contributed by atoms with Gasteiger partial charge in [-0.25, -0.2) is 4.39 Å². The third-order valence-electron chi connectivity index (χ3n) is 6.68. The number of rotatable bonds is 11. The van der Waals surface area contributed by atoms with Crippen LogP contribution in [0, 0.1) is 11.7 Å². The van der Waals surface area contributed by atoms with Crippen LogP contribution in [0.2, 0.25) is 0 Å². The van der Waals surface area contributed by atoms with Crippen LogP contribution in [0.3, 0.4) is 0 Å². The summed E-state index contributed by atoms with van der Waals surface area (Å²) in [6.45, 7) is 4.40. The molecule has 1 heterocycles. The molecule has 2 amide bonds. The molecule has 0 saturated carbocycles. The van der Waals surface area contributed by atoms with E-state index in [1.54, 1.807) is 67.8 Å². The van der Waals surface area contributed by atoms with E-state index in [-0.39, 0.29) is 42.7 Å². The van der Waals surface area contributed by atoms with Crippen molar-refractivity contribution in [3.8, 4) is 5.75 Å². The summed E-state index contributed by atoms with van der Waals surface area (Å²) in [5.41, 5.74) is 1.67. The molecule has 0 bridgehead atoms. The van der Waals surface area contributed by atoms with Crippen molar-refractivity contribution in [3.63, 3.8) is 0 Å². The molecular weight excluding hydrogens is 511 g/mol. The fraction of sp³-hybridized carbons (Fsp3) is 0.281. The Labute approximate surface area is 232 Å². The fourth-order valence-corrected chi connectivity index (χ4v) is 4.32. The normalized spacial score (nSPS) is 11.0. The number of halogens is 1. The average Bonchev–Trinajstić information content (AvgIpc) is 2.97. The Morgan fingerprint density at radius 1 is 0.925 bits per heavy atom. The third kappa shape index (κ3) is 7.14. The first-order valence-electron chi connectivity index (χ1n) is 13.2. The molecule has 0 aliphatic heterocycles. The maximum absolute atomic E-state index is 13.8. The lowest BCUT2D eigenvalue weighted by Gasteiger charge is -2.28. The van der Waals surface area contributed by atoms with Gasteiger partial charge in [0.15, 0.2) is 5.43 Å². The van der Waals surface area contributed by atoms with Crippen LogP contribution < -0.4 is 10.2 Å². The van der Waals surface area contributed by atoms with Gasteiger partial charge in [0.1, 0.15) is 23.7 Å². The number of ether oxygens (including phenoxy) is 1. The van der Waals surface area contributed by atoms with Crippen molar-refractivity contribution < 1.29 is 23.1 Å². The van der Waals surface area contributed by atoms with Gasteiger partial charge in [-0.3, -0.25) is 14.4 Å². The van der Waals surface area contributed by atoms with E-state index < -0.39 is 0 Å². The monoisotopic (exact) mass is 544 g/mol. The summed E-state index contributed by atoms with van der Waals surface area (Å²) in [4.78, 5) is 43.5. The van der Waals surface area contributed by atoms with Crippen LogP contribution in [0.4, 0.5) is 4.39 Å². The van der Waals surface area contributed by atoms with Crippen molar-refractivity contribution in [1.82, 2.24) is 9.80 Å². The van der Waals surface area contributed by atoms with Crippen molar-refractivity contribution in [1.29, 1.82) is 0 Å². The number of benzene rings is 3. The number of hydrogen-bond acceptors (Lipinski definition) is 5. The van der Waals surface area contributed by atoms with Gasteiger partial charge in [-0.1, -0.05) is 38.1 Å². The minimum atomic E-state index is -0.387. The number of amides is 2. The van der Waals surface area contributed by atoms with Gasteiger partial charge in [0, 0.05) is 18.7 Å². The lowest BCUT2D eigenvalue weighted by molar-refractivity contribution is -0.133. The van der Waals surface area contributed by atoms with Crippen LogP contribution in [0.15, 0.2) is 88.3 Å². The lowest BCUT2D eigenvalue weighted by atomic mass is 10.1. The Morgan fingerprint density at radius 3 is 2.30 bits per heavy atom. The van der Waals surface area contributed by atoms with Crippen molar-refractivity contribution >= 4 is 22.8 Å². The highest BCUT2D eigenvalue weighted by molar-refractivity contribution is 5.96. The van der Waals surface area contributed by atoms with E-state index in [1.807, 2.05) is 0 Å². The molecule has 0 aliphatic carbocycles. The highest BCUT2D eigenvalue weighted by Gasteiger charge is 2.24. The molecule has 3 aromatic carbocycles. The van der Waals surface area contributed by atoms with Crippen molar-refractivity contribution in [2.45, 2.75) is 33.4 Å². The molecule has 40 heavy (non-hydrogen) atoms. The first-order chi connectivity index (χ1) is 19.2. The molecule has 0 spiro atoms. The van der Waals surface area contributed by atoms with Gasteiger partial charge in [-0.05, 0) is 66.4 Å². The Bertz CT molecular complexity index is 1510. The topological polar surface area (TPSA) is 80.1 Å². The summed E-state index contributed by atoms with van der Waals surface area (Å²) in [5, 5.41) is 0.419. The maximum Gasteiger partial charge on any atom is 0.254 e. The molecule has 0 unspecified atom stereocenters. The number of methoxy groups -OCH3 is 1. The molecule has 0 aliphatic rings. The van der Waals surface area contributed by atoms with Gasteiger partial charge in [0.2, 0.25) is 5.91 Å². The minimum Gasteiger partial charge on any atom is -0.497 e. The van der Waals surface area contributed by atoms with Gasteiger partial charge >= 0.3 is 0 Å². The third-order valence-corrected chi connectivity index (χ3v) is 6.68. The Hall–Kier alpha value is -4.46. The van der Waals surface area contributed by atoms with Crippen LogP contribution in [-0.2, 0) is 17.9 Å². The van der Waals surface area contributed by atoms with E-state index in [2.05, 4.69) is 13.8 Å². The first-order valence-corrected chi connectivity index (χ1v) is 13.2. The summed E-state index contributed by atoms with van der Waals surface area (Å²) in [6, 6.07) is 19.5. The zero-order valence-electron chi connectivity index (χ0n) is 22.9. The van der Waals surface area contributed by atoms with Crippen LogP contribution in [-0.4, -0.2) is 41.8 Å². The van der Waals surface area contributed by atoms with E-state index in [0.717, 1.165) is 0 Å². The second kappa shape index (κ2) is 13.1. The van der Waals surface area contributed by atoms with Crippen molar-refractivity contribution in [2.75, 3.05) is 20.2 Å². The number of carbonyl (C=O) groups is 2. The molecule has 0 fully saturated rings. The van der Waals surface area contributed by atoms with E-state index >= 15 is 0 Å². The van der Waals surface area contributed by atoms with Gasteiger partial charge in [0.25, 0.3) is 5.91 Å². The standard InChI is InChI=1S/C32H33FN2O5/c1-22(2)16-17-34(32(38)24-10-14-27(39-3)15-11-24)20-30(36)35(18-23-8-12-26(33)13-9-23)19-25-21-40-29-7-5-4-6-28(29)31(25)37/h4-15,21-22H,16-20H2,1-3H3. The molecule has 0 N–H and O–H groups in total. The first kappa shape index (κ1) is 28.5. The van der Waals surface area contributed by atoms with Gasteiger partial charge in [0.05, 0.1) is 30.9 Å². The number of nitrogens with zero attached hydrogens (tertiary/aromatic N) is 2. The maximum atomic E-state index is 13.8. The minimum absolute atomic E-state index is 0.0296. The summed E-state index contributed by atoms with van der Waals surface area (Å²) in [6.07, 6.45) is 2.08. The molecule has 1 aromatic heterocycles. The second-order valence-corrected chi connectivity index (χ2v) is 10.1. The zero-order valence-corrected chi connectivity index (χ0v) is 22.9. The molecule has 7 nitrogen and oxygen atoms in total. The highest BCUT2D eigenvalue weighted by Crippen LogP contribution is 2.17. The summed E-state index contributed by atoms with van der Waals surface area (Å²) >= 11 is 0. The number of hydrogen-bond donors (Lipinski definition) is 0. The Kier molecular flexibility index (Phi) is 9.32. The Morgan fingerprint density at radius 2 is 1.62 bits per heavy atom. The Balaban J connectivity index is 1.63. The molecular formula is C32H33FN2O5. The van der Waals surface area contributed by atoms with E-state index in [4.69, 9.17) is 9.15 Å². The number of carbonyl (C=O) groups excluding carboxylic acids is 2. The number of para-hydroxylation sites is 1. The molecule has 0 atom stereocenters. The largest absolute Gasteiger partial charge is 0.497 e. The van der Waals surface area contributed by atoms with Gasteiger partial charge in [-0.15, -0.1) is 0 Å². The predicted molar refractivity (Wildman–Crippen MR) is 151 cm³/mol. The predicted octanol–water partition coefficient (Wildman–Crippen LogP) is 5.66. The second-order valence-electron chi connectivity index (χ2n) is 10.1. The SMILES string of the molecule is COc1ccc(C(=O)N(CCC(C)C)CC(=O)N(Cc2ccc(F)cc2)Cc2coc3ccccc3c2=O)cc1. The van der Waals surface area contributed by atoms with Crippen molar-refractivity contribution in [3.05, 3.63) is 112 Å². The molecule has 4 aromatic rings. The quantitative estimate of drug-likeness (QED) is 0.244. The van der Waals surface area contributed by atoms with Crippen molar-refractivity contribution in [2.24, 2.45) is 5.92 Å². The zero-order chi connectivity index (χ0) is 28.6. The van der Waals surface area contributed by atoms with Crippen LogP contribution in [0.5, 0.6) is 5.75 Å². The molecule has 0 radical (unpaired) electrons. The average molecular weight is 545 g/mol. The van der Waals surface area contributed by atoms with Gasteiger partial charge < -0.3 is 19.0 Å². The van der Waals surface area contributed by atoms with E-state index in [1.165, 1.54) is 28.2 Å². The molecule has 8 heteroatoms. The molecule has 4 rings (SSSR count). The molecule has 0 saturated heterocycles.